The lowest BCUT2D eigenvalue weighted by Gasteiger charge is -2.38. The first kappa shape index (κ1) is 31.2. The molecule has 2 aromatic rings. The normalized spacial score (nSPS) is 17.4. The Morgan fingerprint density at radius 1 is 0.667 bits per heavy atom. The second-order valence-corrected chi connectivity index (χ2v) is 12.1. The molecule has 0 atom stereocenters. The molecule has 0 N–H and O–H groups in total. The molecule has 2 heterocycles. The molecule has 0 saturated heterocycles. The Labute approximate surface area is 248 Å². The monoisotopic (exact) mass is 577 g/mol. The van der Waals surface area contributed by atoms with Crippen LogP contribution < -0.4 is 9.47 Å². The fourth-order valence-corrected chi connectivity index (χ4v) is 6.09. The summed E-state index contributed by atoms with van der Waals surface area (Å²) in [6, 6.07) is 10.6. The number of amides is 4. The Hall–Kier alpha value is -3.72. The fraction of sp³-hybridized carbons (Fsp3) is 0.515. The van der Waals surface area contributed by atoms with Crippen molar-refractivity contribution in [1.82, 2.24) is 14.7 Å². The topological polar surface area (TPSA) is 96.5 Å². The van der Waals surface area contributed by atoms with E-state index in [0.29, 0.717) is 72.8 Å². The van der Waals surface area contributed by atoms with Crippen LogP contribution in [0.4, 0.5) is 0 Å². The maximum Gasteiger partial charge on any atom is 0.260 e. The van der Waals surface area contributed by atoms with Crippen LogP contribution in [-0.4, -0.2) is 85.3 Å². The summed E-state index contributed by atoms with van der Waals surface area (Å²) in [5.41, 5.74) is 0.802. The number of carbonyl (C=O) groups is 4. The molecule has 9 nitrogen and oxygen atoms in total. The summed E-state index contributed by atoms with van der Waals surface area (Å²) in [4.78, 5) is 58.4. The molecule has 0 spiro atoms. The molecule has 4 rings (SSSR count). The third kappa shape index (κ3) is 5.67. The third-order valence-electron chi connectivity index (χ3n) is 8.56. The van der Waals surface area contributed by atoms with E-state index in [1.54, 1.807) is 50.6 Å². The van der Waals surface area contributed by atoms with Crippen LogP contribution in [0.2, 0.25) is 0 Å². The standard InChI is InChI=1S/C33H43N3O6/c1-8-15-34(16-9-18-35-28(37)24-20-22(41-6)11-13-26(24)32(2,3)30(35)39)17-10-19-36-29(38)25-21-23(42-7)12-14-27(25)33(4,5)31(36)40/h11-14,20-21H,8-10,15-19H2,1-7H3. The second kappa shape index (κ2) is 12.3. The highest BCUT2D eigenvalue weighted by Crippen LogP contribution is 2.37. The molecule has 0 bridgehead atoms. The smallest absolute Gasteiger partial charge is 0.260 e. The van der Waals surface area contributed by atoms with E-state index in [2.05, 4.69) is 11.8 Å². The van der Waals surface area contributed by atoms with Gasteiger partial charge in [-0.3, -0.25) is 29.0 Å². The van der Waals surface area contributed by atoms with Crippen molar-refractivity contribution in [2.75, 3.05) is 46.9 Å². The number of carbonyl (C=O) groups excluding carboxylic acids is 4. The van der Waals surface area contributed by atoms with Gasteiger partial charge in [-0.05, 0) is 102 Å². The predicted octanol–water partition coefficient (Wildman–Crippen LogP) is 4.42. The molecule has 226 valence electrons. The Morgan fingerprint density at radius 3 is 1.43 bits per heavy atom. The van der Waals surface area contributed by atoms with E-state index in [1.165, 1.54) is 9.80 Å². The van der Waals surface area contributed by atoms with E-state index in [0.717, 1.165) is 13.0 Å². The van der Waals surface area contributed by atoms with Gasteiger partial charge < -0.3 is 14.4 Å². The Morgan fingerprint density at radius 2 is 1.07 bits per heavy atom. The van der Waals surface area contributed by atoms with Crippen molar-refractivity contribution in [3.05, 3.63) is 58.7 Å². The van der Waals surface area contributed by atoms with Gasteiger partial charge in [0.15, 0.2) is 0 Å². The highest BCUT2D eigenvalue weighted by atomic mass is 16.5. The minimum absolute atomic E-state index is 0.200. The van der Waals surface area contributed by atoms with E-state index in [-0.39, 0.29) is 23.6 Å². The zero-order valence-corrected chi connectivity index (χ0v) is 25.9. The highest BCUT2D eigenvalue weighted by Gasteiger charge is 2.45. The largest absolute Gasteiger partial charge is 0.497 e. The van der Waals surface area contributed by atoms with E-state index in [1.807, 2.05) is 27.7 Å². The molecule has 2 aliphatic heterocycles. The van der Waals surface area contributed by atoms with Crippen molar-refractivity contribution >= 4 is 23.6 Å². The summed E-state index contributed by atoms with van der Waals surface area (Å²) in [6.45, 7) is 12.3. The van der Waals surface area contributed by atoms with Gasteiger partial charge >= 0.3 is 0 Å². The van der Waals surface area contributed by atoms with Gasteiger partial charge in [0.1, 0.15) is 11.5 Å². The first-order valence-corrected chi connectivity index (χ1v) is 14.7. The van der Waals surface area contributed by atoms with Crippen LogP contribution in [0, 0.1) is 0 Å². The van der Waals surface area contributed by atoms with E-state index in [9.17, 15) is 19.2 Å². The summed E-state index contributed by atoms with van der Waals surface area (Å²) >= 11 is 0. The Kier molecular flexibility index (Phi) is 9.11. The molecule has 2 aliphatic rings. The third-order valence-corrected chi connectivity index (χ3v) is 8.56. The number of hydrogen-bond donors (Lipinski definition) is 0. The summed E-state index contributed by atoms with van der Waals surface area (Å²) in [6.07, 6.45) is 2.17. The fourth-order valence-electron chi connectivity index (χ4n) is 6.09. The quantitative estimate of drug-likeness (QED) is 0.345. The first-order valence-electron chi connectivity index (χ1n) is 14.7. The number of ether oxygens (including phenoxy) is 2. The molecule has 0 radical (unpaired) electrons. The first-order chi connectivity index (χ1) is 19.9. The van der Waals surface area contributed by atoms with Crippen LogP contribution >= 0.6 is 0 Å². The van der Waals surface area contributed by atoms with Gasteiger partial charge in [-0.1, -0.05) is 19.1 Å². The molecule has 2 aromatic carbocycles. The van der Waals surface area contributed by atoms with Crippen LogP contribution in [0.1, 0.15) is 85.7 Å². The Balaban J connectivity index is 1.38. The van der Waals surface area contributed by atoms with E-state index >= 15 is 0 Å². The van der Waals surface area contributed by atoms with Gasteiger partial charge in [0.2, 0.25) is 11.8 Å². The van der Waals surface area contributed by atoms with Gasteiger partial charge in [0, 0.05) is 24.2 Å². The maximum absolute atomic E-state index is 13.3. The minimum atomic E-state index is -0.817. The second-order valence-electron chi connectivity index (χ2n) is 12.1. The van der Waals surface area contributed by atoms with E-state index in [4.69, 9.17) is 9.47 Å². The molecule has 0 unspecified atom stereocenters. The summed E-state index contributed by atoms with van der Waals surface area (Å²) in [5.74, 6) is 0.174. The van der Waals surface area contributed by atoms with Crippen molar-refractivity contribution in [2.24, 2.45) is 0 Å². The van der Waals surface area contributed by atoms with Crippen molar-refractivity contribution in [1.29, 1.82) is 0 Å². The summed E-state index contributed by atoms with van der Waals surface area (Å²) in [7, 11) is 3.11. The number of hydrogen-bond acceptors (Lipinski definition) is 7. The Bertz CT molecular complexity index is 1280. The maximum atomic E-state index is 13.3. The number of imide groups is 2. The van der Waals surface area contributed by atoms with Crippen molar-refractivity contribution in [2.45, 2.75) is 64.7 Å². The van der Waals surface area contributed by atoms with Crippen molar-refractivity contribution < 1.29 is 28.7 Å². The van der Waals surface area contributed by atoms with Crippen LogP contribution in [0.5, 0.6) is 11.5 Å². The molecular formula is C33H43N3O6. The molecule has 42 heavy (non-hydrogen) atoms. The molecule has 0 aliphatic carbocycles. The SMILES string of the molecule is CCCN(CCCN1C(=O)c2cc(OC)ccc2C(C)(C)C1=O)CCCN1C(=O)c2cc(OC)ccc2C(C)(C)C1=O. The average Bonchev–Trinajstić information content (AvgIpc) is 2.98. The van der Waals surface area contributed by atoms with Gasteiger partial charge in [-0.25, -0.2) is 0 Å². The average molecular weight is 578 g/mol. The number of rotatable bonds is 12. The van der Waals surface area contributed by atoms with Gasteiger partial charge in [0.05, 0.1) is 25.0 Å². The van der Waals surface area contributed by atoms with Crippen LogP contribution in [-0.2, 0) is 20.4 Å². The molecular weight excluding hydrogens is 534 g/mol. The molecule has 9 heteroatoms. The van der Waals surface area contributed by atoms with Crippen molar-refractivity contribution in [3.63, 3.8) is 0 Å². The lowest BCUT2D eigenvalue weighted by molar-refractivity contribution is -0.135. The van der Waals surface area contributed by atoms with Crippen LogP contribution in [0.15, 0.2) is 36.4 Å². The minimum Gasteiger partial charge on any atom is -0.497 e. The zero-order valence-electron chi connectivity index (χ0n) is 25.9. The number of benzene rings is 2. The lowest BCUT2D eigenvalue weighted by Crippen LogP contribution is -2.52. The number of methoxy groups -OCH3 is 2. The van der Waals surface area contributed by atoms with Gasteiger partial charge in [-0.2, -0.15) is 0 Å². The molecule has 0 saturated carbocycles. The molecule has 0 aromatic heterocycles. The van der Waals surface area contributed by atoms with Crippen LogP contribution in [0.3, 0.4) is 0 Å². The van der Waals surface area contributed by atoms with Gasteiger partial charge in [0.25, 0.3) is 11.8 Å². The highest BCUT2D eigenvalue weighted by molar-refractivity contribution is 6.13. The summed E-state index contributed by atoms with van der Waals surface area (Å²) < 4.78 is 10.6. The molecule has 0 fully saturated rings. The van der Waals surface area contributed by atoms with Gasteiger partial charge in [-0.15, -0.1) is 0 Å². The van der Waals surface area contributed by atoms with Crippen molar-refractivity contribution in [3.8, 4) is 11.5 Å². The zero-order chi connectivity index (χ0) is 30.8. The number of nitrogens with zero attached hydrogens (tertiary/aromatic N) is 3. The number of fused-ring (bicyclic) bond motifs is 2. The summed E-state index contributed by atoms with van der Waals surface area (Å²) in [5, 5.41) is 0. The predicted molar refractivity (Wildman–Crippen MR) is 160 cm³/mol. The van der Waals surface area contributed by atoms with E-state index < -0.39 is 10.8 Å². The van der Waals surface area contributed by atoms with Crippen LogP contribution in [0.25, 0.3) is 0 Å². The molecule has 4 amide bonds. The lowest BCUT2D eigenvalue weighted by atomic mass is 9.77.